The number of primary amides is 1. The molecule has 0 aliphatic carbocycles. The predicted molar refractivity (Wildman–Crippen MR) is 74.9 cm³/mol. The summed E-state index contributed by atoms with van der Waals surface area (Å²) in [5.41, 5.74) is 11.1. The first-order valence-electron chi connectivity index (χ1n) is 6.00. The van der Waals surface area contributed by atoms with Gasteiger partial charge in [0.1, 0.15) is 0 Å². The van der Waals surface area contributed by atoms with Crippen LogP contribution in [-0.2, 0) is 11.2 Å². The van der Waals surface area contributed by atoms with Gasteiger partial charge in [0.2, 0.25) is 5.91 Å². The van der Waals surface area contributed by atoms with E-state index in [0.29, 0.717) is 19.4 Å². The second-order valence-corrected chi connectivity index (χ2v) is 4.38. The zero-order chi connectivity index (χ0) is 14.8. The van der Waals surface area contributed by atoms with E-state index < -0.39 is 0 Å². The average molecular weight is 269 g/mol. The van der Waals surface area contributed by atoms with Crippen molar-refractivity contribution in [3.63, 3.8) is 0 Å². The first-order valence-corrected chi connectivity index (χ1v) is 6.00. The lowest BCUT2D eigenvalue weighted by Crippen LogP contribution is -2.20. The Bertz CT molecular complexity index is 395. The third-order valence-corrected chi connectivity index (χ3v) is 2.28. The Morgan fingerprint density at radius 3 is 2.26 bits per heavy atom. The molecule has 0 saturated carbocycles. The second kappa shape index (κ2) is 9.18. The predicted octanol–water partition coefficient (Wildman–Crippen LogP) is 0.0224. The first-order chi connectivity index (χ1) is 8.86. The number of amides is 1. The summed E-state index contributed by atoms with van der Waals surface area (Å²) in [6.45, 7) is 1.29. The quantitative estimate of drug-likeness (QED) is 0.563. The number of hydrogen-bond donors (Lipinski definition) is 4. The Kier molecular flexibility index (Phi) is 8.32. The van der Waals surface area contributed by atoms with Crippen molar-refractivity contribution in [3.05, 3.63) is 23.8 Å². The van der Waals surface area contributed by atoms with Crippen LogP contribution in [0.1, 0.15) is 12.0 Å². The minimum atomic E-state index is -0.237. The van der Waals surface area contributed by atoms with Crippen molar-refractivity contribution < 1.29 is 15.0 Å². The molecule has 6 nitrogen and oxygen atoms in total. The van der Waals surface area contributed by atoms with Crippen LogP contribution >= 0.6 is 0 Å². The third kappa shape index (κ3) is 8.87. The van der Waals surface area contributed by atoms with Gasteiger partial charge < -0.3 is 26.6 Å². The minimum absolute atomic E-state index is 0.0871. The summed E-state index contributed by atoms with van der Waals surface area (Å²) >= 11 is 0. The molecule has 0 aliphatic rings. The van der Waals surface area contributed by atoms with E-state index in [1.807, 2.05) is 19.0 Å². The summed E-state index contributed by atoms with van der Waals surface area (Å²) in [6, 6.07) is 4.71. The van der Waals surface area contributed by atoms with Gasteiger partial charge in [-0.3, -0.25) is 4.79 Å². The zero-order valence-corrected chi connectivity index (χ0v) is 11.5. The Hall–Kier alpha value is -1.79. The number of rotatable bonds is 5. The maximum atomic E-state index is 10.1. The van der Waals surface area contributed by atoms with E-state index >= 15 is 0 Å². The molecule has 19 heavy (non-hydrogen) atoms. The topological polar surface area (TPSA) is 113 Å². The highest BCUT2D eigenvalue weighted by molar-refractivity contribution is 5.73. The fourth-order valence-corrected chi connectivity index (χ4v) is 1.22. The number of carbonyl (C=O) groups excluding carboxylic acids is 1. The number of nitrogens with two attached hydrogens (primary N) is 2. The van der Waals surface area contributed by atoms with Crippen molar-refractivity contribution in [2.75, 3.05) is 27.2 Å². The van der Waals surface area contributed by atoms with Crippen molar-refractivity contribution in [2.45, 2.75) is 12.8 Å². The normalized spacial score (nSPS) is 9.89. The van der Waals surface area contributed by atoms with Crippen LogP contribution in [0.3, 0.4) is 0 Å². The van der Waals surface area contributed by atoms with Gasteiger partial charge in [0.25, 0.3) is 0 Å². The summed E-state index contributed by atoms with van der Waals surface area (Å²) in [5.74, 6) is -0.416. The molecule has 0 spiro atoms. The van der Waals surface area contributed by atoms with Crippen LogP contribution in [-0.4, -0.2) is 48.2 Å². The van der Waals surface area contributed by atoms with E-state index in [1.54, 1.807) is 6.07 Å². The van der Waals surface area contributed by atoms with Crippen LogP contribution in [0.25, 0.3) is 0 Å². The number of carbonyl (C=O) groups is 1. The molecular formula is C13H23N3O3. The van der Waals surface area contributed by atoms with Crippen molar-refractivity contribution in [1.29, 1.82) is 0 Å². The van der Waals surface area contributed by atoms with Gasteiger partial charge in [-0.15, -0.1) is 0 Å². The Labute approximate surface area is 113 Å². The lowest BCUT2D eigenvalue weighted by Gasteiger charge is -2.05. The van der Waals surface area contributed by atoms with Crippen molar-refractivity contribution in [2.24, 2.45) is 11.5 Å². The number of phenols is 2. The van der Waals surface area contributed by atoms with Crippen molar-refractivity contribution in [3.8, 4) is 11.5 Å². The second-order valence-electron chi connectivity index (χ2n) is 4.38. The number of benzene rings is 1. The summed E-state index contributed by atoms with van der Waals surface area (Å²) in [4.78, 5) is 12.0. The van der Waals surface area contributed by atoms with Gasteiger partial charge in [-0.25, -0.2) is 0 Å². The minimum Gasteiger partial charge on any atom is -0.504 e. The van der Waals surface area contributed by atoms with Crippen molar-refractivity contribution >= 4 is 5.91 Å². The van der Waals surface area contributed by atoms with E-state index in [-0.39, 0.29) is 17.4 Å². The molecule has 1 rings (SSSR count). The van der Waals surface area contributed by atoms with Crippen LogP contribution in [0.15, 0.2) is 18.2 Å². The van der Waals surface area contributed by atoms with Gasteiger partial charge in [0, 0.05) is 13.0 Å². The molecule has 6 heteroatoms. The van der Waals surface area contributed by atoms with Gasteiger partial charge in [0.15, 0.2) is 11.5 Å². The molecule has 0 atom stereocenters. The molecule has 1 aromatic rings. The van der Waals surface area contributed by atoms with Crippen LogP contribution < -0.4 is 11.5 Å². The van der Waals surface area contributed by atoms with Gasteiger partial charge >= 0.3 is 0 Å². The van der Waals surface area contributed by atoms with E-state index in [0.717, 1.165) is 12.1 Å². The summed E-state index contributed by atoms with van der Waals surface area (Å²) in [7, 11) is 3.81. The highest BCUT2D eigenvalue weighted by atomic mass is 16.3. The van der Waals surface area contributed by atoms with Crippen LogP contribution in [0.5, 0.6) is 11.5 Å². The number of aromatic hydroxyl groups is 2. The molecule has 0 saturated heterocycles. The van der Waals surface area contributed by atoms with Crippen LogP contribution in [0, 0.1) is 0 Å². The molecule has 0 radical (unpaired) electrons. The lowest BCUT2D eigenvalue weighted by atomic mass is 10.1. The molecule has 0 bridgehead atoms. The molecule has 0 aromatic heterocycles. The first kappa shape index (κ1) is 17.2. The van der Waals surface area contributed by atoms with Gasteiger partial charge in [-0.1, -0.05) is 6.07 Å². The highest BCUT2D eigenvalue weighted by Gasteiger charge is 1.98. The Morgan fingerprint density at radius 2 is 1.89 bits per heavy atom. The smallest absolute Gasteiger partial charge is 0.218 e. The summed E-state index contributed by atoms with van der Waals surface area (Å²) < 4.78 is 0. The zero-order valence-electron chi connectivity index (χ0n) is 11.5. The Morgan fingerprint density at radius 1 is 1.26 bits per heavy atom. The highest BCUT2D eigenvalue weighted by Crippen LogP contribution is 2.24. The van der Waals surface area contributed by atoms with Crippen LogP contribution in [0.4, 0.5) is 0 Å². The molecular weight excluding hydrogens is 246 g/mol. The van der Waals surface area contributed by atoms with E-state index in [1.165, 1.54) is 12.1 Å². The summed E-state index contributed by atoms with van der Waals surface area (Å²) in [5, 5.41) is 18.0. The molecule has 6 N–H and O–H groups in total. The van der Waals surface area contributed by atoms with Gasteiger partial charge in [-0.2, -0.15) is 0 Å². The lowest BCUT2D eigenvalue weighted by molar-refractivity contribution is -0.118. The van der Waals surface area contributed by atoms with Gasteiger partial charge in [0.05, 0.1) is 0 Å². The van der Waals surface area contributed by atoms with E-state index in [2.05, 4.69) is 0 Å². The van der Waals surface area contributed by atoms with Crippen molar-refractivity contribution in [1.82, 2.24) is 4.90 Å². The SMILES string of the molecule is CN(C)CCC(N)=O.NCCc1ccc(O)c(O)c1. The standard InChI is InChI=1S/C8H11NO2.C5H12N2O/c9-4-3-6-1-2-7(10)8(11)5-6;1-7(2)4-3-5(6)8/h1-2,5,10-11H,3-4,9H2;3-4H2,1-2H3,(H2,6,8). The third-order valence-electron chi connectivity index (χ3n) is 2.28. The molecule has 0 heterocycles. The van der Waals surface area contributed by atoms with E-state index in [9.17, 15) is 4.79 Å². The molecule has 1 amide bonds. The molecule has 0 fully saturated rings. The Balaban J connectivity index is 0.000000362. The van der Waals surface area contributed by atoms with E-state index in [4.69, 9.17) is 21.7 Å². The monoisotopic (exact) mass is 269 g/mol. The number of hydrogen-bond acceptors (Lipinski definition) is 5. The molecule has 108 valence electrons. The number of nitrogens with zero attached hydrogens (tertiary/aromatic N) is 1. The molecule has 1 aromatic carbocycles. The largest absolute Gasteiger partial charge is 0.504 e. The fraction of sp³-hybridized carbons (Fsp3) is 0.462. The summed E-state index contributed by atoms with van der Waals surface area (Å²) in [6.07, 6.45) is 1.17. The van der Waals surface area contributed by atoms with Crippen LogP contribution in [0.2, 0.25) is 0 Å². The molecule has 0 unspecified atom stereocenters. The average Bonchev–Trinajstić information content (AvgIpc) is 2.32. The maximum Gasteiger partial charge on any atom is 0.218 e. The van der Waals surface area contributed by atoms with Gasteiger partial charge in [-0.05, 0) is 44.8 Å². The number of phenolic OH excluding ortho intramolecular Hbond substituents is 2. The maximum absolute atomic E-state index is 10.1. The molecule has 0 aliphatic heterocycles. The fourth-order valence-electron chi connectivity index (χ4n) is 1.22.